The first-order chi connectivity index (χ1) is 33.4. The molecule has 0 unspecified atom stereocenters. The lowest BCUT2D eigenvalue weighted by atomic mass is 9.77. The fourth-order valence-corrected chi connectivity index (χ4v) is 12.8. The van der Waals surface area contributed by atoms with E-state index in [4.69, 9.17) is 24.2 Å². The number of carbonyl (C=O) groups is 3. The van der Waals surface area contributed by atoms with Crippen molar-refractivity contribution in [3.8, 4) is 11.3 Å². The van der Waals surface area contributed by atoms with Crippen molar-refractivity contribution in [1.29, 1.82) is 0 Å². The van der Waals surface area contributed by atoms with E-state index in [1.54, 1.807) is 0 Å². The monoisotopic (exact) mass is 920 g/mol. The molecule has 11 rings (SSSR count). The number of alkyl carbamates (subject to hydrolysis) is 1. The van der Waals surface area contributed by atoms with Crippen LogP contribution in [-0.2, 0) is 23.8 Å². The van der Waals surface area contributed by atoms with Crippen LogP contribution in [0.5, 0.6) is 0 Å². The van der Waals surface area contributed by atoms with Gasteiger partial charge >= 0.3 is 6.09 Å². The zero-order valence-corrected chi connectivity index (χ0v) is 38.9. The number of aromatic nitrogens is 4. The summed E-state index contributed by atoms with van der Waals surface area (Å²) in [6.45, 7) is 0.222. The molecule has 5 heterocycles. The van der Waals surface area contributed by atoms with Crippen LogP contribution >= 0.6 is 0 Å². The number of H-pyrrole nitrogens is 2. The molecule has 14 heteroatoms. The number of likely N-dealkylation sites (tertiary alicyclic amines) is 2. The minimum Gasteiger partial charge on any atom is -0.453 e. The van der Waals surface area contributed by atoms with Gasteiger partial charge in [0.2, 0.25) is 12.3 Å². The number of nitrogens with one attached hydrogen (secondary N) is 4. The first-order valence-corrected chi connectivity index (χ1v) is 25.2. The van der Waals surface area contributed by atoms with E-state index in [0.717, 1.165) is 117 Å². The summed E-state index contributed by atoms with van der Waals surface area (Å²) in [5.41, 5.74) is 6.16. The summed E-state index contributed by atoms with van der Waals surface area (Å²) in [6, 6.07) is 26.8. The van der Waals surface area contributed by atoms with Gasteiger partial charge in [-0.15, -0.1) is 0 Å². The minimum absolute atomic E-state index is 0.0353. The maximum absolute atomic E-state index is 14.7. The lowest BCUT2D eigenvalue weighted by molar-refractivity contribution is -0.335. The van der Waals surface area contributed by atoms with Gasteiger partial charge in [0.25, 0.3) is 5.91 Å². The fourth-order valence-electron chi connectivity index (χ4n) is 12.8. The fraction of sp³-hybridized carbons (Fsp3) is 0.500. The van der Waals surface area contributed by atoms with Crippen LogP contribution in [0.25, 0.3) is 11.3 Å². The predicted molar refractivity (Wildman–Crippen MR) is 254 cm³/mol. The molecule has 5 aromatic rings. The first-order valence-electron chi connectivity index (χ1n) is 25.2. The lowest BCUT2D eigenvalue weighted by Crippen LogP contribution is -2.52. The van der Waals surface area contributed by atoms with Crippen LogP contribution in [0, 0.1) is 11.8 Å². The van der Waals surface area contributed by atoms with Gasteiger partial charge in [-0.25, -0.2) is 14.8 Å². The van der Waals surface area contributed by atoms with Gasteiger partial charge in [0.15, 0.2) is 6.79 Å². The number of aromatic amines is 2. The topological polar surface area (TPSA) is 167 Å². The third-order valence-electron chi connectivity index (χ3n) is 16.3. The van der Waals surface area contributed by atoms with Crippen molar-refractivity contribution in [3.63, 3.8) is 0 Å². The van der Waals surface area contributed by atoms with Crippen LogP contribution < -0.4 is 10.6 Å². The van der Waals surface area contributed by atoms with Gasteiger partial charge in [-0.05, 0) is 104 Å². The number of benzene rings is 3. The highest BCUT2D eigenvalue weighted by Crippen LogP contribution is 2.49. The Morgan fingerprint density at radius 3 is 1.78 bits per heavy atom. The second-order valence-electron chi connectivity index (χ2n) is 20.1. The molecule has 3 aromatic carbocycles. The second-order valence-corrected chi connectivity index (χ2v) is 20.1. The van der Waals surface area contributed by atoms with E-state index >= 15 is 0 Å². The number of carbonyl (C=O) groups excluding carboxylic acids is 3. The van der Waals surface area contributed by atoms with Crippen molar-refractivity contribution in [1.82, 2.24) is 40.4 Å². The van der Waals surface area contributed by atoms with Crippen LogP contribution in [0.1, 0.15) is 160 Å². The average molecular weight is 921 g/mol. The van der Waals surface area contributed by atoms with Crippen molar-refractivity contribution in [3.05, 3.63) is 131 Å². The molecule has 3 aliphatic carbocycles. The Kier molecular flexibility index (Phi) is 12.9. The number of nitrogens with zero attached hydrogens (tertiary/aromatic N) is 4. The Morgan fingerprint density at radius 2 is 1.19 bits per heavy atom. The quantitative estimate of drug-likeness (QED) is 0.0953. The molecule has 6 fully saturated rings. The van der Waals surface area contributed by atoms with E-state index in [0.29, 0.717) is 23.7 Å². The molecule has 8 atom stereocenters. The highest BCUT2D eigenvalue weighted by atomic mass is 16.9. The van der Waals surface area contributed by atoms with Gasteiger partial charge in [-0.1, -0.05) is 111 Å². The molecular formula is C54H64N8O6. The van der Waals surface area contributed by atoms with E-state index < -0.39 is 24.6 Å². The van der Waals surface area contributed by atoms with E-state index in [1.165, 1.54) is 25.5 Å². The Bertz CT molecular complexity index is 2520. The molecule has 6 aliphatic rings. The van der Waals surface area contributed by atoms with Gasteiger partial charge in [0.05, 0.1) is 31.1 Å². The van der Waals surface area contributed by atoms with Crippen LogP contribution in [0.3, 0.4) is 0 Å². The smallest absolute Gasteiger partial charge is 0.407 e. The Labute approximate surface area is 398 Å². The highest BCUT2D eigenvalue weighted by Gasteiger charge is 2.50. The summed E-state index contributed by atoms with van der Waals surface area (Å²) in [5, 5.41) is 6.17. The molecule has 356 valence electrons. The number of fused-ring (bicyclic) bond motifs is 2. The molecule has 3 saturated heterocycles. The van der Waals surface area contributed by atoms with E-state index in [-0.39, 0.29) is 42.8 Å². The highest BCUT2D eigenvalue weighted by molar-refractivity contribution is 5.88. The standard InChI is InChI=1S/C54H64N8O6/c1-66-53(65)59-47(37-12-4-2-5-13-37)51(63)61-43-18-10-8-16-39(43)28-45(61)49-55-30-41(57-49)35-24-20-33(21-25-35)34-22-26-36(27-23-34)42-31-56-50(58-42)46-29-40-17-9-11-19-44(40)62(46)52(64)48(60-54-67-32-68-54)38-14-6-3-7-15-38/h2-7,12-15,22-23,26-27,30-31,33,35,39-40,43-48,54,60H,8-11,16-21,24-25,28-29,32H2,1H3,(H,55,57)(H,56,58)(H,59,65)/t33-,35-,39-,40-,43-,44-,45+,46+,47-,48-/m1/s1. The number of imidazole rings is 2. The van der Waals surface area contributed by atoms with Crippen molar-refractivity contribution < 1.29 is 28.6 Å². The molecular weight excluding hydrogens is 857 g/mol. The van der Waals surface area contributed by atoms with Crippen molar-refractivity contribution in [2.24, 2.45) is 11.8 Å². The molecule has 3 saturated carbocycles. The van der Waals surface area contributed by atoms with Gasteiger partial charge in [-0.3, -0.25) is 14.9 Å². The van der Waals surface area contributed by atoms with Crippen molar-refractivity contribution in [2.45, 2.75) is 144 Å². The molecule has 3 amide bonds. The summed E-state index contributed by atoms with van der Waals surface area (Å²) in [4.78, 5) is 63.5. The van der Waals surface area contributed by atoms with Crippen LogP contribution in [-0.4, -0.2) is 80.0 Å². The summed E-state index contributed by atoms with van der Waals surface area (Å²) in [5.74, 6) is 3.29. The molecule has 3 aliphatic heterocycles. The van der Waals surface area contributed by atoms with Gasteiger partial charge in [-0.2, -0.15) is 0 Å². The normalized spacial score (nSPS) is 28.0. The molecule has 0 radical (unpaired) electrons. The average Bonchev–Trinajstić information content (AvgIpc) is 4.21. The Hall–Kier alpha value is -5.83. The first kappa shape index (κ1) is 44.7. The third-order valence-corrected chi connectivity index (χ3v) is 16.3. The number of methoxy groups -OCH3 is 1. The summed E-state index contributed by atoms with van der Waals surface area (Å²) in [6.07, 6.45) is 17.5. The molecule has 68 heavy (non-hydrogen) atoms. The minimum atomic E-state index is -0.850. The maximum Gasteiger partial charge on any atom is 0.407 e. The maximum atomic E-state index is 14.7. The molecule has 2 aromatic heterocycles. The molecule has 0 spiro atoms. The SMILES string of the molecule is COC(=O)N[C@@H](C(=O)N1[C@@H]2CCCC[C@@H]2C[C@H]1c1ncc([C@H]2CC[C@H](c3ccc(-c4cnc([C@@H]5C[C@H]6CCCC[C@H]6N5C(=O)[C@H](NC5OCO5)c5ccccc5)[nH]4)cc3)CC2)[nH]1)c1ccccc1. The van der Waals surface area contributed by atoms with Crippen LogP contribution in [0.4, 0.5) is 4.79 Å². The van der Waals surface area contributed by atoms with Gasteiger partial charge in [0.1, 0.15) is 23.7 Å². The van der Waals surface area contributed by atoms with Gasteiger partial charge in [0, 0.05) is 29.9 Å². The molecule has 0 bridgehead atoms. The van der Waals surface area contributed by atoms with E-state index in [9.17, 15) is 14.4 Å². The second kappa shape index (κ2) is 19.6. The number of ether oxygens (including phenoxy) is 3. The molecule has 14 nitrogen and oxygen atoms in total. The zero-order valence-electron chi connectivity index (χ0n) is 38.9. The molecule has 4 N–H and O–H groups in total. The predicted octanol–water partition coefficient (Wildman–Crippen LogP) is 9.62. The number of hydrogen-bond donors (Lipinski definition) is 4. The summed E-state index contributed by atoms with van der Waals surface area (Å²) in [7, 11) is 1.33. The van der Waals surface area contributed by atoms with Crippen molar-refractivity contribution >= 4 is 17.9 Å². The summed E-state index contributed by atoms with van der Waals surface area (Å²) >= 11 is 0. The third kappa shape index (κ3) is 8.86. The Morgan fingerprint density at radius 1 is 0.647 bits per heavy atom. The lowest BCUT2D eigenvalue weighted by Gasteiger charge is -2.38. The number of amides is 3. The van der Waals surface area contributed by atoms with Gasteiger partial charge < -0.3 is 39.3 Å². The van der Waals surface area contributed by atoms with Crippen molar-refractivity contribution in [2.75, 3.05) is 13.9 Å². The summed E-state index contributed by atoms with van der Waals surface area (Å²) < 4.78 is 16.1. The van der Waals surface area contributed by atoms with Crippen LogP contribution in [0.2, 0.25) is 0 Å². The van der Waals surface area contributed by atoms with E-state index in [2.05, 4.69) is 49.8 Å². The zero-order chi connectivity index (χ0) is 46.1. The van der Waals surface area contributed by atoms with E-state index in [1.807, 2.05) is 78.0 Å². The van der Waals surface area contributed by atoms with Crippen LogP contribution in [0.15, 0.2) is 97.3 Å². The Balaban J connectivity index is 0.753. The largest absolute Gasteiger partial charge is 0.453 e. The number of rotatable bonds is 12. The number of hydrogen-bond acceptors (Lipinski definition) is 9.